The van der Waals surface area contributed by atoms with E-state index in [0.717, 1.165) is 11.3 Å². The quantitative estimate of drug-likeness (QED) is 0.910. The lowest BCUT2D eigenvalue weighted by Crippen LogP contribution is -1.83. The number of hydrogen-bond donors (Lipinski definition) is 1. The number of oxazole rings is 1. The molecular weight excluding hydrogens is 258 g/mol. The summed E-state index contributed by atoms with van der Waals surface area (Å²) in [6.07, 6.45) is 0. The van der Waals surface area contributed by atoms with Crippen molar-refractivity contribution in [2.24, 2.45) is 0 Å². The Morgan fingerprint density at radius 1 is 1.33 bits per heavy atom. The zero-order chi connectivity index (χ0) is 10.8. The van der Waals surface area contributed by atoms with Gasteiger partial charge in [0.1, 0.15) is 12.3 Å². The Kier molecular flexibility index (Phi) is 2.88. The number of aliphatic hydroxyl groups excluding tert-OH is 1. The van der Waals surface area contributed by atoms with E-state index in [1.807, 2.05) is 31.2 Å². The van der Waals surface area contributed by atoms with Gasteiger partial charge >= 0.3 is 0 Å². The second-order valence-corrected chi connectivity index (χ2v) is 3.97. The summed E-state index contributed by atoms with van der Waals surface area (Å²) in [5.74, 6) is 0.317. The highest BCUT2D eigenvalue weighted by molar-refractivity contribution is 9.10. The Balaban J connectivity index is 2.44. The molecule has 2 aromatic rings. The van der Waals surface area contributed by atoms with Crippen molar-refractivity contribution in [1.29, 1.82) is 0 Å². The molecule has 1 heterocycles. The van der Waals surface area contributed by atoms with Gasteiger partial charge in [-0.25, -0.2) is 4.98 Å². The number of nitrogens with zero attached hydrogens (tertiary/aromatic N) is 1. The molecule has 0 aliphatic carbocycles. The summed E-state index contributed by atoms with van der Waals surface area (Å²) in [4.78, 5) is 4.16. The third-order valence-electron chi connectivity index (χ3n) is 2.09. The van der Waals surface area contributed by atoms with Crippen LogP contribution in [0.1, 0.15) is 11.5 Å². The average Bonchev–Trinajstić information content (AvgIpc) is 2.61. The fourth-order valence-corrected chi connectivity index (χ4v) is 1.80. The minimum Gasteiger partial charge on any atom is -0.431 e. The maximum Gasteiger partial charge on any atom is 0.222 e. The molecule has 1 aromatic carbocycles. The molecule has 0 aliphatic heterocycles. The molecule has 0 atom stereocenters. The van der Waals surface area contributed by atoms with Crippen molar-refractivity contribution in [3.05, 3.63) is 40.4 Å². The van der Waals surface area contributed by atoms with Crippen molar-refractivity contribution in [2.45, 2.75) is 13.5 Å². The Labute approximate surface area is 95.9 Å². The first-order valence-electron chi connectivity index (χ1n) is 4.54. The second-order valence-electron chi connectivity index (χ2n) is 3.25. The van der Waals surface area contributed by atoms with E-state index in [9.17, 15) is 0 Å². The minimum absolute atomic E-state index is 0.190. The topological polar surface area (TPSA) is 46.3 Å². The van der Waals surface area contributed by atoms with Gasteiger partial charge in [0.05, 0.1) is 0 Å². The van der Waals surface area contributed by atoms with Crippen LogP contribution in [0.3, 0.4) is 0 Å². The molecule has 0 saturated carbocycles. The van der Waals surface area contributed by atoms with Gasteiger partial charge in [0.15, 0.2) is 4.67 Å². The zero-order valence-corrected chi connectivity index (χ0v) is 9.78. The fourth-order valence-electron chi connectivity index (χ4n) is 1.30. The maximum atomic E-state index is 8.89. The van der Waals surface area contributed by atoms with Crippen molar-refractivity contribution in [3.8, 4) is 11.3 Å². The fraction of sp³-hybridized carbons (Fsp3) is 0.182. The van der Waals surface area contributed by atoms with Crippen LogP contribution in [0.15, 0.2) is 33.4 Å². The maximum absolute atomic E-state index is 8.89. The van der Waals surface area contributed by atoms with E-state index in [1.165, 1.54) is 5.56 Å². The molecule has 0 spiro atoms. The number of benzene rings is 1. The molecule has 0 fully saturated rings. The molecule has 0 amide bonds. The first-order valence-corrected chi connectivity index (χ1v) is 5.33. The second kappa shape index (κ2) is 4.16. The lowest BCUT2D eigenvalue weighted by Gasteiger charge is -1.96. The summed E-state index contributed by atoms with van der Waals surface area (Å²) < 4.78 is 5.76. The average molecular weight is 268 g/mol. The molecule has 0 saturated heterocycles. The minimum atomic E-state index is -0.190. The number of hydrogen-bond acceptors (Lipinski definition) is 3. The predicted molar refractivity (Wildman–Crippen MR) is 60.3 cm³/mol. The van der Waals surface area contributed by atoms with Gasteiger partial charge in [-0.1, -0.05) is 29.8 Å². The van der Waals surface area contributed by atoms with Crippen molar-refractivity contribution >= 4 is 15.9 Å². The molecule has 0 unspecified atom stereocenters. The third kappa shape index (κ3) is 2.11. The van der Waals surface area contributed by atoms with Crippen LogP contribution in [0.4, 0.5) is 0 Å². The van der Waals surface area contributed by atoms with Crippen molar-refractivity contribution < 1.29 is 9.52 Å². The molecule has 2 rings (SSSR count). The summed E-state index contributed by atoms with van der Waals surface area (Å²) in [5, 5.41) is 8.89. The van der Waals surface area contributed by atoms with Crippen LogP contribution in [0.25, 0.3) is 11.3 Å². The highest BCUT2D eigenvalue weighted by Crippen LogP contribution is 2.28. The number of halogens is 1. The largest absolute Gasteiger partial charge is 0.431 e. The summed E-state index contributed by atoms with van der Waals surface area (Å²) >= 11 is 3.27. The molecule has 15 heavy (non-hydrogen) atoms. The Hall–Kier alpha value is -1.13. The first-order chi connectivity index (χ1) is 7.20. The van der Waals surface area contributed by atoms with Crippen LogP contribution in [0, 0.1) is 6.92 Å². The normalized spacial score (nSPS) is 10.6. The lowest BCUT2D eigenvalue weighted by atomic mass is 10.1. The van der Waals surface area contributed by atoms with E-state index in [4.69, 9.17) is 9.52 Å². The smallest absolute Gasteiger partial charge is 0.222 e. The first kappa shape index (κ1) is 10.4. The molecule has 0 bridgehead atoms. The van der Waals surface area contributed by atoms with Crippen LogP contribution in [0.2, 0.25) is 0 Å². The van der Waals surface area contributed by atoms with Crippen LogP contribution >= 0.6 is 15.9 Å². The Morgan fingerprint density at radius 3 is 2.53 bits per heavy atom. The summed E-state index contributed by atoms with van der Waals surface area (Å²) in [6, 6.07) is 7.96. The number of aromatic nitrogens is 1. The summed E-state index contributed by atoms with van der Waals surface area (Å²) in [7, 11) is 0. The monoisotopic (exact) mass is 267 g/mol. The molecule has 3 nitrogen and oxygen atoms in total. The molecule has 78 valence electrons. The zero-order valence-electron chi connectivity index (χ0n) is 8.20. The number of rotatable bonds is 2. The summed E-state index contributed by atoms with van der Waals surface area (Å²) in [5.41, 5.74) is 2.88. The van der Waals surface area contributed by atoms with Crippen LogP contribution in [0.5, 0.6) is 0 Å². The van der Waals surface area contributed by atoms with E-state index in [-0.39, 0.29) is 6.61 Å². The van der Waals surface area contributed by atoms with Gasteiger partial charge in [0, 0.05) is 5.56 Å². The van der Waals surface area contributed by atoms with Crippen LogP contribution in [-0.4, -0.2) is 10.1 Å². The molecule has 0 aliphatic rings. The molecule has 1 N–H and O–H groups in total. The highest BCUT2D eigenvalue weighted by atomic mass is 79.9. The van der Waals surface area contributed by atoms with Gasteiger partial charge in [0.25, 0.3) is 0 Å². The number of aliphatic hydroxyl groups is 1. The van der Waals surface area contributed by atoms with Crippen LogP contribution < -0.4 is 0 Å². The Morgan fingerprint density at radius 2 is 2.00 bits per heavy atom. The van der Waals surface area contributed by atoms with Gasteiger partial charge in [0.2, 0.25) is 5.89 Å². The summed E-state index contributed by atoms with van der Waals surface area (Å²) in [6.45, 7) is 1.84. The van der Waals surface area contributed by atoms with E-state index in [2.05, 4.69) is 20.9 Å². The molecule has 1 aromatic heterocycles. The number of aryl methyl sites for hydroxylation is 1. The third-order valence-corrected chi connectivity index (χ3v) is 2.63. The van der Waals surface area contributed by atoms with Gasteiger partial charge in [-0.05, 0) is 22.9 Å². The highest BCUT2D eigenvalue weighted by Gasteiger charge is 2.11. The predicted octanol–water partition coefficient (Wildman–Crippen LogP) is 2.90. The van der Waals surface area contributed by atoms with Crippen molar-refractivity contribution in [2.75, 3.05) is 0 Å². The van der Waals surface area contributed by atoms with E-state index in [0.29, 0.717) is 10.6 Å². The van der Waals surface area contributed by atoms with E-state index < -0.39 is 0 Å². The molecule has 4 heteroatoms. The molecule has 0 radical (unpaired) electrons. The van der Waals surface area contributed by atoms with Gasteiger partial charge in [-0.3, -0.25) is 0 Å². The lowest BCUT2D eigenvalue weighted by molar-refractivity contribution is 0.238. The van der Waals surface area contributed by atoms with Gasteiger partial charge in [-0.15, -0.1) is 0 Å². The SMILES string of the molecule is Cc1ccc(-c2nc(CO)oc2Br)cc1. The standard InChI is InChI=1S/C11H10BrNO2/c1-7-2-4-8(5-3-7)10-11(12)15-9(6-14)13-10/h2-5,14H,6H2,1H3. The Bertz CT molecular complexity index is 462. The van der Waals surface area contributed by atoms with Crippen molar-refractivity contribution in [3.63, 3.8) is 0 Å². The van der Waals surface area contributed by atoms with Crippen LogP contribution in [-0.2, 0) is 6.61 Å². The molecular formula is C11H10BrNO2. The van der Waals surface area contributed by atoms with E-state index >= 15 is 0 Å². The van der Waals surface area contributed by atoms with Gasteiger partial charge in [-0.2, -0.15) is 0 Å². The van der Waals surface area contributed by atoms with E-state index in [1.54, 1.807) is 0 Å². The van der Waals surface area contributed by atoms with Crippen molar-refractivity contribution in [1.82, 2.24) is 4.98 Å². The van der Waals surface area contributed by atoms with Gasteiger partial charge < -0.3 is 9.52 Å².